The van der Waals surface area contributed by atoms with Gasteiger partial charge in [-0.1, -0.05) is 0 Å². The van der Waals surface area contributed by atoms with Gasteiger partial charge in [-0.25, -0.2) is 4.98 Å². The second-order valence-electron chi connectivity index (χ2n) is 7.83. The van der Waals surface area contributed by atoms with Crippen LogP contribution in [0.15, 0.2) is 35.4 Å². The van der Waals surface area contributed by atoms with Gasteiger partial charge in [0.2, 0.25) is 0 Å². The number of carbonyl (C=O) groups excluding carboxylic acids is 1. The van der Waals surface area contributed by atoms with Crippen molar-refractivity contribution in [2.24, 2.45) is 11.7 Å². The van der Waals surface area contributed by atoms with Crippen molar-refractivity contribution < 1.29 is 24.4 Å². The SMILES string of the molecule is [2H]C1(n2cc3cc(-c4ccc(C(F)(F)F)nc4C(N)=O)c(SC)cc3n2)CCC(CO)CC1. The largest absolute Gasteiger partial charge is 0.433 e. The van der Waals surface area contributed by atoms with Gasteiger partial charge in [0.15, 0.2) is 0 Å². The predicted octanol–water partition coefficient (Wildman–Crippen LogP) is 4.66. The molecule has 0 spiro atoms. The molecule has 6 nitrogen and oxygen atoms in total. The summed E-state index contributed by atoms with van der Waals surface area (Å²) in [6.45, 7) is 0.112. The highest BCUT2D eigenvalue weighted by molar-refractivity contribution is 7.98. The van der Waals surface area contributed by atoms with Crippen LogP contribution in [0.4, 0.5) is 13.2 Å². The van der Waals surface area contributed by atoms with Crippen LogP contribution in [0.1, 0.15) is 49.3 Å². The van der Waals surface area contributed by atoms with Crippen molar-refractivity contribution in [3.8, 4) is 11.1 Å². The number of hydrogen-bond donors (Lipinski definition) is 2. The van der Waals surface area contributed by atoms with E-state index in [4.69, 9.17) is 7.10 Å². The minimum absolute atomic E-state index is 0.112. The lowest BCUT2D eigenvalue weighted by molar-refractivity contribution is -0.141. The molecule has 0 saturated heterocycles. The topological polar surface area (TPSA) is 94.0 Å². The van der Waals surface area contributed by atoms with Crippen LogP contribution >= 0.6 is 11.8 Å². The van der Waals surface area contributed by atoms with Crippen molar-refractivity contribution in [3.05, 3.63) is 41.9 Å². The van der Waals surface area contributed by atoms with Crippen molar-refractivity contribution in [1.82, 2.24) is 14.8 Å². The summed E-state index contributed by atoms with van der Waals surface area (Å²) in [6, 6.07) is 4.64. The summed E-state index contributed by atoms with van der Waals surface area (Å²) in [5.41, 5.74) is 5.10. The Hall–Kier alpha value is -2.59. The average Bonchev–Trinajstić information content (AvgIpc) is 3.21. The van der Waals surface area contributed by atoms with Crippen molar-refractivity contribution in [2.75, 3.05) is 12.9 Å². The molecule has 4 rings (SSSR count). The summed E-state index contributed by atoms with van der Waals surface area (Å²) >= 11 is 1.36. The summed E-state index contributed by atoms with van der Waals surface area (Å²) < 4.78 is 49.9. The maximum absolute atomic E-state index is 13.1. The molecule has 2 aromatic heterocycles. The first-order valence-corrected chi connectivity index (χ1v) is 11.4. The zero-order valence-corrected chi connectivity index (χ0v) is 18.1. The van der Waals surface area contributed by atoms with Gasteiger partial charge in [0.1, 0.15) is 11.4 Å². The fourth-order valence-electron chi connectivity index (χ4n) is 4.04. The quantitative estimate of drug-likeness (QED) is 0.535. The zero-order chi connectivity index (χ0) is 24.0. The minimum atomic E-state index is -4.70. The van der Waals surface area contributed by atoms with E-state index in [1.807, 2.05) is 6.26 Å². The first-order valence-electron chi connectivity index (χ1n) is 10.6. The van der Waals surface area contributed by atoms with E-state index >= 15 is 0 Å². The molecule has 3 aromatic rings. The van der Waals surface area contributed by atoms with Crippen LogP contribution in [-0.2, 0) is 6.18 Å². The summed E-state index contributed by atoms with van der Waals surface area (Å²) in [5, 5.41) is 14.7. The fourth-order valence-corrected chi connectivity index (χ4v) is 4.66. The number of aliphatic hydroxyl groups excluding tert-OH is 1. The van der Waals surface area contributed by atoms with Crippen LogP contribution in [0.2, 0.25) is 0 Å². The molecule has 0 radical (unpaired) electrons. The molecule has 0 aliphatic heterocycles. The molecule has 1 amide bonds. The van der Waals surface area contributed by atoms with Crippen LogP contribution in [-0.4, -0.2) is 38.6 Å². The van der Waals surface area contributed by atoms with Gasteiger partial charge in [0, 0.05) is 28.6 Å². The smallest absolute Gasteiger partial charge is 0.396 e. The standard InChI is InChI=1S/C22H23F3N4O2S/c1-32-18-9-17-13(10-29(28-17)14-4-2-12(11-30)3-5-14)8-16(18)15-6-7-19(22(23,24)25)27-20(15)21(26)31/h6-10,12,14,30H,2-5,11H2,1H3,(H2,26,31)/i14D. The van der Waals surface area contributed by atoms with Crippen molar-refractivity contribution >= 4 is 28.6 Å². The Balaban J connectivity index is 1.80. The lowest BCUT2D eigenvalue weighted by Gasteiger charge is -2.27. The Morgan fingerprint density at radius 1 is 1.28 bits per heavy atom. The average molecular weight is 466 g/mol. The number of benzene rings is 1. The van der Waals surface area contributed by atoms with Crippen molar-refractivity contribution in [2.45, 2.75) is 42.8 Å². The third-order valence-corrected chi connectivity index (χ3v) is 6.58. The summed E-state index contributed by atoms with van der Waals surface area (Å²) in [5.74, 6) is -0.854. The van der Waals surface area contributed by atoms with Crippen LogP contribution in [0.25, 0.3) is 22.0 Å². The molecule has 3 N–H and O–H groups in total. The number of alkyl halides is 3. The van der Waals surface area contributed by atoms with Gasteiger partial charge >= 0.3 is 6.18 Å². The number of halogens is 3. The summed E-state index contributed by atoms with van der Waals surface area (Å²) in [6.07, 6.45) is 1.44. The van der Waals surface area contributed by atoms with Gasteiger partial charge in [-0.2, -0.15) is 18.3 Å². The highest BCUT2D eigenvalue weighted by Crippen LogP contribution is 2.38. The molecule has 0 unspecified atom stereocenters. The number of nitrogens with zero attached hydrogens (tertiary/aromatic N) is 3. The number of carbonyl (C=O) groups is 1. The summed E-state index contributed by atoms with van der Waals surface area (Å²) in [4.78, 5) is 16.2. The Morgan fingerprint density at radius 2 is 2.00 bits per heavy atom. The molecule has 1 fully saturated rings. The van der Waals surface area contributed by atoms with Gasteiger partial charge in [0.05, 0.1) is 12.9 Å². The monoisotopic (exact) mass is 465 g/mol. The van der Waals surface area contributed by atoms with Crippen LogP contribution in [0.3, 0.4) is 0 Å². The molecule has 0 bridgehead atoms. The molecule has 170 valence electrons. The van der Waals surface area contributed by atoms with Crippen molar-refractivity contribution in [3.63, 3.8) is 0 Å². The molecule has 0 atom stereocenters. The third-order valence-electron chi connectivity index (χ3n) is 5.80. The number of hydrogen-bond acceptors (Lipinski definition) is 5. The Labute approximate surface area is 188 Å². The predicted molar refractivity (Wildman–Crippen MR) is 116 cm³/mol. The maximum Gasteiger partial charge on any atom is 0.433 e. The second-order valence-corrected chi connectivity index (χ2v) is 8.68. The Bertz CT molecular complexity index is 1210. The zero-order valence-electron chi connectivity index (χ0n) is 18.3. The normalized spacial score (nSPS) is 22.2. The van der Waals surface area contributed by atoms with Gasteiger partial charge in [-0.05, 0) is 67.7 Å². The van der Waals surface area contributed by atoms with Gasteiger partial charge < -0.3 is 10.8 Å². The number of pyridine rings is 1. The van der Waals surface area contributed by atoms with E-state index in [0.717, 1.165) is 18.9 Å². The molecule has 1 aromatic carbocycles. The molecule has 1 saturated carbocycles. The maximum atomic E-state index is 13.1. The van der Waals surface area contributed by atoms with Crippen LogP contribution in [0, 0.1) is 5.92 Å². The number of aliphatic hydroxyl groups is 1. The molecular formula is C22H23F3N4O2S. The molecule has 10 heteroatoms. The number of aromatic nitrogens is 3. The van der Waals surface area contributed by atoms with E-state index in [2.05, 4.69) is 10.1 Å². The number of thioether (sulfide) groups is 1. The summed E-state index contributed by atoms with van der Waals surface area (Å²) in [7, 11) is 0. The van der Waals surface area contributed by atoms with Crippen molar-refractivity contribution in [1.29, 1.82) is 0 Å². The number of amides is 1. The minimum Gasteiger partial charge on any atom is -0.396 e. The van der Waals surface area contributed by atoms with Gasteiger partial charge in [0.25, 0.3) is 5.91 Å². The van der Waals surface area contributed by atoms with Gasteiger partial charge in [-0.15, -0.1) is 11.8 Å². The van der Waals surface area contributed by atoms with E-state index < -0.39 is 29.5 Å². The number of fused-ring (bicyclic) bond motifs is 1. The van der Waals surface area contributed by atoms with Gasteiger partial charge in [-0.3, -0.25) is 9.48 Å². The van der Waals surface area contributed by atoms with Crippen LogP contribution < -0.4 is 5.73 Å². The molecule has 1 aliphatic carbocycles. The first kappa shape index (κ1) is 21.3. The Kier molecular flexibility index (Phi) is 5.81. The molecule has 2 heterocycles. The van der Waals surface area contributed by atoms with E-state index in [1.54, 1.807) is 23.0 Å². The molecule has 32 heavy (non-hydrogen) atoms. The van der Waals surface area contributed by atoms with E-state index in [0.29, 0.717) is 34.2 Å². The first-order chi connectivity index (χ1) is 15.6. The number of nitrogens with two attached hydrogens (primary N) is 1. The van der Waals surface area contributed by atoms with Crippen LogP contribution in [0.5, 0.6) is 0 Å². The molecular weight excluding hydrogens is 441 g/mol. The highest BCUT2D eigenvalue weighted by atomic mass is 32.2. The lowest BCUT2D eigenvalue weighted by atomic mass is 9.87. The van der Waals surface area contributed by atoms with E-state index in [-0.39, 0.29) is 18.1 Å². The highest BCUT2D eigenvalue weighted by Gasteiger charge is 2.34. The third kappa shape index (κ3) is 4.33. The van der Waals surface area contributed by atoms with E-state index in [1.165, 1.54) is 17.8 Å². The molecule has 1 aliphatic rings. The second kappa shape index (κ2) is 8.74. The number of primary amides is 1. The Morgan fingerprint density at radius 3 is 2.59 bits per heavy atom. The lowest BCUT2D eigenvalue weighted by Crippen LogP contribution is -2.20. The number of rotatable bonds is 5. The fraction of sp³-hybridized carbons (Fsp3) is 0.409. The van der Waals surface area contributed by atoms with E-state index in [9.17, 15) is 23.1 Å².